The lowest BCUT2D eigenvalue weighted by Crippen LogP contribution is -2.43. The monoisotopic (exact) mass is 656 g/mol. The largest absolute Gasteiger partial charge is 0.330 e. The average Bonchev–Trinajstić information content (AvgIpc) is 3.81. The van der Waals surface area contributed by atoms with Gasteiger partial charge in [0.15, 0.2) is 0 Å². The fraction of sp³-hybridized carbons (Fsp3) is 0.282. The number of nitrogens with zero attached hydrogens (tertiary/aromatic N) is 4. The van der Waals surface area contributed by atoms with Crippen molar-refractivity contribution in [3.05, 3.63) is 119 Å². The summed E-state index contributed by atoms with van der Waals surface area (Å²) in [5, 5.41) is 5.94. The Bertz CT molecular complexity index is 1840. The highest BCUT2D eigenvalue weighted by Crippen LogP contribution is 2.24. The van der Waals surface area contributed by atoms with Crippen LogP contribution < -0.4 is 10.6 Å². The third kappa shape index (κ3) is 8.27. The second-order valence-electron chi connectivity index (χ2n) is 12.6. The van der Waals surface area contributed by atoms with Crippen molar-refractivity contribution in [3.8, 4) is 0 Å². The molecule has 0 saturated carbocycles. The third-order valence-corrected chi connectivity index (χ3v) is 9.00. The molecule has 49 heavy (non-hydrogen) atoms. The number of nitrogens with one attached hydrogen (secondary N) is 2. The number of rotatable bonds is 9. The number of aromatic nitrogens is 2. The molecular weight excluding hydrogens is 616 g/mol. The van der Waals surface area contributed by atoms with E-state index in [1.807, 2.05) is 86.7 Å². The zero-order chi connectivity index (χ0) is 34.3. The third-order valence-electron chi connectivity index (χ3n) is 9.00. The van der Waals surface area contributed by atoms with Gasteiger partial charge in [-0.3, -0.25) is 29.1 Å². The van der Waals surface area contributed by atoms with Crippen LogP contribution in [-0.2, 0) is 20.8 Å². The van der Waals surface area contributed by atoms with E-state index in [0.29, 0.717) is 42.9 Å². The molecule has 2 aromatic heterocycles. The maximum absolute atomic E-state index is 13.1. The predicted molar refractivity (Wildman–Crippen MR) is 190 cm³/mol. The van der Waals surface area contributed by atoms with Gasteiger partial charge in [0.2, 0.25) is 17.7 Å². The van der Waals surface area contributed by atoms with Gasteiger partial charge in [-0.05, 0) is 98.7 Å². The van der Waals surface area contributed by atoms with E-state index in [1.165, 1.54) is 0 Å². The molecule has 2 fully saturated rings. The molecule has 2 N–H and O–H groups in total. The quantitative estimate of drug-likeness (QED) is 0.224. The van der Waals surface area contributed by atoms with Crippen LogP contribution in [0.2, 0.25) is 0 Å². The first-order valence-corrected chi connectivity index (χ1v) is 16.7. The summed E-state index contributed by atoms with van der Waals surface area (Å²) >= 11 is 0. The molecule has 10 heteroatoms. The van der Waals surface area contributed by atoms with Gasteiger partial charge in [0, 0.05) is 48.2 Å². The first-order chi connectivity index (χ1) is 23.7. The molecule has 6 rings (SSSR count). The Morgan fingerprint density at radius 2 is 1.18 bits per heavy atom. The van der Waals surface area contributed by atoms with E-state index in [-0.39, 0.29) is 30.0 Å². The van der Waals surface area contributed by atoms with Crippen LogP contribution in [0, 0.1) is 13.8 Å². The summed E-state index contributed by atoms with van der Waals surface area (Å²) < 4.78 is 0. The maximum Gasteiger partial charge on any atom is 0.256 e. The molecule has 2 saturated heterocycles. The van der Waals surface area contributed by atoms with Gasteiger partial charge in [-0.1, -0.05) is 42.5 Å². The molecule has 4 amide bonds. The van der Waals surface area contributed by atoms with Gasteiger partial charge >= 0.3 is 0 Å². The van der Waals surface area contributed by atoms with Crippen molar-refractivity contribution in [1.82, 2.24) is 19.8 Å². The van der Waals surface area contributed by atoms with Crippen LogP contribution in [0.3, 0.4) is 0 Å². The fourth-order valence-electron chi connectivity index (χ4n) is 6.26. The maximum atomic E-state index is 13.1. The molecule has 0 aliphatic carbocycles. The molecule has 0 bridgehead atoms. The van der Waals surface area contributed by atoms with Crippen molar-refractivity contribution in [2.45, 2.75) is 58.0 Å². The van der Waals surface area contributed by atoms with Crippen molar-refractivity contribution in [2.24, 2.45) is 0 Å². The summed E-state index contributed by atoms with van der Waals surface area (Å²) in [6, 6.07) is 21.4. The summed E-state index contributed by atoms with van der Waals surface area (Å²) in [4.78, 5) is 64.1. The summed E-state index contributed by atoms with van der Waals surface area (Å²) in [6.45, 7) is 4.88. The van der Waals surface area contributed by atoms with Crippen LogP contribution in [-0.4, -0.2) is 68.6 Å². The zero-order valence-corrected chi connectivity index (χ0v) is 27.8. The normalized spacial score (nSPS) is 17.3. The van der Waals surface area contributed by atoms with Crippen LogP contribution in [0.1, 0.15) is 64.1 Å². The van der Waals surface area contributed by atoms with E-state index in [0.717, 1.165) is 40.9 Å². The highest BCUT2D eigenvalue weighted by Gasteiger charge is 2.35. The van der Waals surface area contributed by atoms with Gasteiger partial charge in [0.05, 0.1) is 12.0 Å². The summed E-state index contributed by atoms with van der Waals surface area (Å²) in [7, 11) is 0. The average molecular weight is 657 g/mol. The number of anilines is 2. The molecule has 0 radical (unpaired) electrons. The summed E-state index contributed by atoms with van der Waals surface area (Å²) in [5.74, 6) is -0.628. The smallest absolute Gasteiger partial charge is 0.256 e. The van der Waals surface area contributed by atoms with Crippen LogP contribution in [0.15, 0.2) is 85.2 Å². The lowest BCUT2D eigenvalue weighted by atomic mass is 10.1. The molecule has 4 aromatic rings. The Morgan fingerprint density at radius 1 is 0.673 bits per heavy atom. The van der Waals surface area contributed by atoms with E-state index in [4.69, 9.17) is 0 Å². The highest BCUT2D eigenvalue weighted by atomic mass is 16.2. The molecular formula is C39H40N6O4. The molecule has 0 spiro atoms. The number of carbonyl (C=O) groups is 4. The number of likely N-dealkylation sites (tertiary alicyclic amines) is 2. The molecule has 2 aromatic carbocycles. The molecule has 2 unspecified atom stereocenters. The number of aryl methyl sites for hydroxylation is 2. The van der Waals surface area contributed by atoms with Crippen molar-refractivity contribution in [1.29, 1.82) is 0 Å². The zero-order valence-electron chi connectivity index (χ0n) is 27.8. The Morgan fingerprint density at radius 3 is 1.69 bits per heavy atom. The predicted octanol–water partition coefficient (Wildman–Crippen LogP) is 5.68. The van der Waals surface area contributed by atoms with Crippen molar-refractivity contribution >= 4 is 47.2 Å². The molecule has 2 aliphatic rings. The minimum Gasteiger partial charge on any atom is -0.330 e. The van der Waals surface area contributed by atoms with Crippen molar-refractivity contribution < 1.29 is 19.2 Å². The first kappa shape index (κ1) is 33.3. The number of amides is 4. The molecule has 4 heterocycles. The fourth-order valence-corrected chi connectivity index (χ4v) is 6.26. The molecule has 10 nitrogen and oxygen atoms in total. The number of pyridine rings is 2. The molecule has 2 aliphatic heterocycles. The van der Waals surface area contributed by atoms with E-state index in [1.54, 1.807) is 34.3 Å². The lowest BCUT2D eigenvalue weighted by Gasteiger charge is -2.24. The molecule has 2 atom stereocenters. The summed E-state index contributed by atoms with van der Waals surface area (Å²) in [5.41, 5.74) is 6.29. The SMILES string of the molecule is Cc1ccc(CC(=O)N2CCCC2C(=O)Nc2ccc(/C=C/c3ccc(NC(=O)C4CCCN4C(=O)c4ccc(C)nc4)cc3)cc2)cn1. The number of benzene rings is 2. The van der Waals surface area contributed by atoms with Gasteiger partial charge in [-0.25, -0.2) is 0 Å². The van der Waals surface area contributed by atoms with Crippen LogP contribution in [0.5, 0.6) is 0 Å². The number of carbonyl (C=O) groups excluding carboxylic acids is 4. The first-order valence-electron chi connectivity index (χ1n) is 16.7. The van der Waals surface area contributed by atoms with Crippen molar-refractivity contribution in [3.63, 3.8) is 0 Å². The lowest BCUT2D eigenvalue weighted by molar-refractivity contribution is -0.136. The van der Waals surface area contributed by atoms with E-state index < -0.39 is 12.1 Å². The van der Waals surface area contributed by atoms with Crippen LogP contribution >= 0.6 is 0 Å². The minimum atomic E-state index is -0.525. The Kier molecular flexibility index (Phi) is 10.2. The van der Waals surface area contributed by atoms with E-state index in [9.17, 15) is 19.2 Å². The molecule has 250 valence electrons. The number of hydrogen-bond donors (Lipinski definition) is 2. The number of hydrogen-bond acceptors (Lipinski definition) is 6. The van der Waals surface area contributed by atoms with Gasteiger partial charge in [-0.2, -0.15) is 0 Å². The van der Waals surface area contributed by atoms with Crippen LogP contribution in [0.25, 0.3) is 12.2 Å². The van der Waals surface area contributed by atoms with Crippen molar-refractivity contribution in [2.75, 3.05) is 23.7 Å². The Labute approximate surface area is 286 Å². The van der Waals surface area contributed by atoms with Gasteiger partial charge in [0.25, 0.3) is 5.91 Å². The Hall–Kier alpha value is -5.64. The second kappa shape index (κ2) is 15.1. The minimum absolute atomic E-state index is 0.0667. The second-order valence-corrected chi connectivity index (χ2v) is 12.6. The van der Waals surface area contributed by atoms with Crippen LogP contribution in [0.4, 0.5) is 11.4 Å². The summed E-state index contributed by atoms with van der Waals surface area (Å²) in [6.07, 6.45) is 10.3. The topological polar surface area (TPSA) is 125 Å². The Balaban J connectivity index is 0.994. The van der Waals surface area contributed by atoms with Gasteiger partial charge in [0.1, 0.15) is 12.1 Å². The standard InChI is InChI=1S/C39H40N6O4/c1-26-7-9-30(24-40-26)23-36(46)44-21-3-5-34(44)37(47)42-32-17-12-28(13-18-32)10-11-29-14-19-33(20-15-29)43-38(48)35-6-4-22-45(35)39(49)31-16-8-27(2)41-25-31/h7-20,24-25,34-35H,3-6,21-23H2,1-2H3,(H,42,47)(H,43,48)/b11-10+. The van der Waals surface area contributed by atoms with Gasteiger partial charge in [-0.15, -0.1) is 0 Å². The van der Waals surface area contributed by atoms with E-state index >= 15 is 0 Å². The van der Waals surface area contributed by atoms with Gasteiger partial charge < -0.3 is 20.4 Å². The van der Waals surface area contributed by atoms with E-state index in [2.05, 4.69) is 20.6 Å². The highest BCUT2D eigenvalue weighted by molar-refractivity contribution is 6.01.